The van der Waals surface area contributed by atoms with E-state index in [1.54, 1.807) is 0 Å². The van der Waals surface area contributed by atoms with Crippen molar-refractivity contribution in [3.63, 3.8) is 0 Å². The Morgan fingerprint density at radius 1 is 0.903 bits per heavy atom. The second-order valence-electron chi connectivity index (χ2n) is 10.1. The van der Waals surface area contributed by atoms with Crippen LogP contribution in [0.4, 0.5) is 0 Å². The Morgan fingerprint density at radius 2 is 1.48 bits per heavy atom. The number of carbonyl (C=O) groups is 1. The molecule has 1 saturated heterocycles. The molecule has 5 rings (SSSR count). The maximum absolute atomic E-state index is 12.9. The van der Waals surface area contributed by atoms with Crippen LogP contribution in [-0.4, -0.2) is 5.91 Å². The minimum absolute atomic E-state index is 0.198. The van der Waals surface area contributed by atoms with Gasteiger partial charge in [-0.15, -0.1) is 0 Å². The van der Waals surface area contributed by atoms with Gasteiger partial charge in [0.1, 0.15) is 0 Å². The van der Waals surface area contributed by atoms with Gasteiger partial charge in [0, 0.05) is 0 Å². The van der Waals surface area contributed by atoms with Gasteiger partial charge in [0.2, 0.25) is 0 Å². The molecule has 3 heteroatoms. The molecule has 2 nitrogen and oxygen atoms in total. The molecule has 0 radical (unpaired) electrons. The molecule has 0 aromatic heterocycles. The van der Waals surface area contributed by atoms with Crippen LogP contribution in [0.15, 0.2) is 78.9 Å². The Morgan fingerprint density at radius 3 is 2.06 bits per heavy atom. The van der Waals surface area contributed by atoms with Crippen LogP contribution in [0.5, 0.6) is 0 Å². The Balaban J connectivity index is 0.000000342. The van der Waals surface area contributed by atoms with Gasteiger partial charge in [-0.3, -0.25) is 0 Å². The van der Waals surface area contributed by atoms with E-state index >= 15 is 0 Å². The number of allylic oxidation sites excluding steroid dienone is 6. The number of nitrogens with one attached hydrogen (secondary N) is 1. The Hall–Kier alpha value is -1.64. The molecule has 1 N–H and O–H groups in total. The number of carbonyl (C=O) groups excluding carboxylic acids is 1. The average molecular weight is 451 g/mol. The van der Waals surface area contributed by atoms with Gasteiger partial charge in [-0.2, -0.15) is 0 Å². The van der Waals surface area contributed by atoms with Crippen LogP contribution in [-0.2, 0) is 16.8 Å². The van der Waals surface area contributed by atoms with Crippen molar-refractivity contribution in [1.29, 1.82) is 0 Å². The van der Waals surface area contributed by atoms with Gasteiger partial charge < -0.3 is 0 Å². The Labute approximate surface area is 192 Å². The third-order valence-corrected chi connectivity index (χ3v) is 14.9. The van der Waals surface area contributed by atoms with Gasteiger partial charge >= 0.3 is 155 Å². The Bertz CT molecular complexity index is 883. The Kier molecular flexibility index (Phi) is 6.89. The van der Waals surface area contributed by atoms with E-state index in [2.05, 4.69) is 41.3 Å². The molecular formula is C28H37NOTi. The summed E-state index contributed by atoms with van der Waals surface area (Å²) in [6, 6.07) is 9.84. The molecule has 3 aliphatic carbocycles. The molecule has 1 heterocycles. The zero-order valence-corrected chi connectivity index (χ0v) is 20.7. The first-order chi connectivity index (χ1) is 14.9. The van der Waals surface area contributed by atoms with Crippen LogP contribution in [0.3, 0.4) is 0 Å². The summed E-state index contributed by atoms with van der Waals surface area (Å²) < 4.78 is 7.17. The number of amides is 1. The summed E-state index contributed by atoms with van der Waals surface area (Å²) in [6.07, 6.45) is 15.1. The molecule has 1 amide bonds. The first kappa shape index (κ1) is 22.6. The van der Waals surface area contributed by atoms with Crippen molar-refractivity contribution >= 4 is 5.91 Å². The fourth-order valence-corrected chi connectivity index (χ4v) is 14.5. The molecule has 31 heavy (non-hydrogen) atoms. The number of rotatable bonds is 4. The summed E-state index contributed by atoms with van der Waals surface area (Å²) in [5.74, 6) is 3.40. The van der Waals surface area contributed by atoms with Crippen molar-refractivity contribution in [1.82, 2.24) is 3.80 Å². The molecule has 5 atom stereocenters. The molecule has 4 aliphatic rings. The average Bonchev–Trinajstić information content (AvgIpc) is 3.47. The monoisotopic (exact) mass is 451 g/mol. The van der Waals surface area contributed by atoms with Crippen LogP contribution in [0.2, 0.25) is 13.7 Å². The van der Waals surface area contributed by atoms with Crippen molar-refractivity contribution < 1.29 is 21.6 Å². The molecule has 3 fully saturated rings. The van der Waals surface area contributed by atoms with E-state index in [0.717, 1.165) is 38.7 Å². The summed E-state index contributed by atoms with van der Waals surface area (Å²) in [6.45, 7) is 11.2. The molecule has 5 unspecified atom stereocenters. The van der Waals surface area contributed by atoms with Crippen LogP contribution >= 0.6 is 0 Å². The van der Waals surface area contributed by atoms with Crippen LogP contribution < -0.4 is 3.80 Å². The standard InChI is InChI=1S/C13H17.C7H7NO.C6H10.C2H4.Ti/c1-3-7-12-10(5-1)9-11-6-2-4-8-13(11)12;8-7(9)6-4-2-1-3-5-6;1-5(2)6(3)4;1-2;/h1,3,5,7,9-13H,2,4,6,8H2;1-5H,(H2,8,9);1,3H2,2,4H3;1-2H2;/q;;;;+1/p-1. The molecule has 164 valence electrons. The SMILES string of the molecule is C=C(C)C(=C)C.O=C([NH][Ti]1([CH]2C3C=CC=CC3C3CCCCC32)[CH2][CH2]1)c1ccccc1. The number of fused-ring (bicyclic) bond motifs is 3. The molecule has 1 aromatic rings. The summed E-state index contributed by atoms with van der Waals surface area (Å²) in [5, 5.41) is 0. The minimum atomic E-state index is -2.27. The van der Waals surface area contributed by atoms with E-state index in [4.69, 9.17) is 0 Å². The predicted octanol–water partition coefficient (Wildman–Crippen LogP) is 7.44. The molecular weight excluding hydrogens is 414 g/mol. The van der Waals surface area contributed by atoms with Crippen molar-refractivity contribution in [2.45, 2.75) is 53.2 Å². The topological polar surface area (TPSA) is 29.1 Å². The van der Waals surface area contributed by atoms with E-state index < -0.39 is 16.8 Å². The molecule has 1 aliphatic heterocycles. The van der Waals surface area contributed by atoms with E-state index in [-0.39, 0.29) is 5.91 Å². The summed E-state index contributed by atoms with van der Waals surface area (Å²) in [4.78, 5) is 12.9. The third kappa shape index (κ3) is 4.76. The third-order valence-electron chi connectivity index (χ3n) is 8.02. The molecule has 2 saturated carbocycles. The van der Waals surface area contributed by atoms with Gasteiger partial charge in [-0.1, -0.05) is 24.3 Å². The van der Waals surface area contributed by atoms with E-state index in [1.165, 1.54) is 35.1 Å². The zero-order valence-electron chi connectivity index (χ0n) is 19.1. The van der Waals surface area contributed by atoms with Crippen molar-refractivity contribution in [3.05, 3.63) is 84.5 Å². The first-order valence-electron chi connectivity index (χ1n) is 12.0. The van der Waals surface area contributed by atoms with E-state index in [9.17, 15) is 4.79 Å². The molecule has 0 bridgehead atoms. The van der Waals surface area contributed by atoms with Gasteiger partial charge in [0.05, 0.1) is 0 Å². The fraction of sp³-hybridized carbons (Fsp3) is 0.464. The number of benzene rings is 1. The van der Waals surface area contributed by atoms with Crippen LogP contribution in [0, 0.1) is 23.7 Å². The fourth-order valence-electron chi connectivity index (χ4n) is 6.17. The van der Waals surface area contributed by atoms with Crippen LogP contribution in [0.1, 0.15) is 49.9 Å². The summed E-state index contributed by atoms with van der Waals surface area (Å²) in [7, 11) is 0. The molecule has 0 spiro atoms. The van der Waals surface area contributed by atoms with E-state index in [1.807, 2.05) is 44.2 Å². The normalized spacial score (nSPS) is 31.5. The quantitative estimate of drug-likeness (QED) is 0.374. The summed E-state index contributed by atoms with van der Waals surface area (Å²) in [5.41, 5.74) is 2.97. The van der Waals surface area contributed by atoms with Crippen molar-refractivity contribution in [2.75, 3.05) is 0 Å². The van der Waals surface area contributed by atoms with Gasteiger partial charge in [0.25, 0.3) is 0 Å². The number of hydrogen-bond acceptors (Lipinski definition) is 1. The maximum atomic E-state index is 12.9. The molecule has 1 aromatic carbocycles. The van der Waals surface area contributed by atoms with Gasteiger partial charge in [0.15, 0.2) is 0 Å². The summed E-state index contributed by atoms with van der Waals surface area (Å²) >= 11 is -2.27. The zero-order chi connectivity index (χ0) is 22.0. The van der Waals surface area contributed by atoms with Gasteiger partial charge in [-0.05, 0) is 13.8 Å². The first-order valence-corrected chi connectivity index (χ1v) is 15.9. The predicted molar refractivity (Wildman–Crippen MR) is 128 cm³/mol. The number of hydrogen-bond donors (Lipinski definition) is 1. The van der Waals surface area contributed by atoms with Crippen molar-refractivity contribution in [3.8, 4) is 0 Å². The van der Waals surface area contributed by atoms with Crippen molar-refractivity contribution in [2.24, 2.45) is 23.7 Å². The second-order valence-corrected chi connectivity index (χ2v) is 16.7. The van der Waals surface area contributed by atoms with E-state index in [0.29, 0.717) is 5.92 Å². The second kappa shape index (κ2) is 9.47. The van der Waals surface area contributed by atoms with Gasteiger partial charge in [-0.25, -0.2) is 0 Å². The van der Waals surface area contributed by atoms with Crippen LogP contribution in [0.25, 0.3) is 0 Å².